The van der Waals surface area contributed by atoms with Crippen LogP contribution in [0.4, 0.5) is 5.69 Å². The zero-order valence-electron chi connectivity index (χ0n) is 9.64. The highest BCUT2D eigenvalue weighted by molar-refractivity contribution is 5.91. The van der Waals surface area contributed by atoms with Gasteiger partial charge in [0.25, 0.3) is 0 Å². The van der Waals surface area contributed by atoms with E-state index >= 15 is 0 Å². The third-order valence-electron chi connectivity index (χ3n) is 1.80. The molecule has 0 heterocycles. The smallest absolute Gasteiger partial charge is 0.250 e. The van der Waals surface area contributed by atoms with Crippen molar-refractivity contribution in [1.29, 1.82) is 0 Å². The minimum atomic E-state index is -0.182. The van der Waals surface area contributed by atoms with Gasteiger partial charge >= 0.3 is 0 Å². The first-order chi connectivity index (χ1) is 7.76. The summed E-state index contributed by atoms with van der Waals surface area (Å²) >= 11 is 0. The molecule has 96 valence electrons. The third-order valence-corrected chi connectivity index (χ3v) is 1.80. The maximum Gasteiger partial charge on any atom is 0.250 e. The molecule has 1 rings (SSSR count). The normalized spacial score (nSPS) is 9.29. The number of hydrogen-bond donors (Lipinski definition) is 2. The van der Waals surface area contributed by atoms with E-state index in [4.69, 9.17) is 15.2 Å². The summed E-state index contributed by atoms with van der Waals surface area (Å²) in [5.74, 6) is 0.549. The fraction of sp³-hybridized carbons (Fsp3) is 0.364. The summed E-state index contributed by atoms with van der Waals surface area (Å²) in [6.07, 6.45) is 0. The number of nitrogens with two attached hydrogens (primary N) is 1. The van der Waals surface area contributed by atoms with Crippen molar-refractivity contribution < 1.29 is 14.3 Å². The van der Waals surface area contributed by atoms with Gasteiger partial charge < -0.3 is 20.5 Å². The number of benzene rings is 1. The van der Waals surface area contributed by atoms with Crippen LogP contribution < -0.4 is 15.8 Å². The van der Waals surface area contributed by atoms with Crippen LogP contribution in [0.25, 0.3) is 0 Å². The first-order valence-electron chi connectivity index (χ1n) is 4.98. The molecule has 0 aromatic heterocycles. The fourth-order valence-corrected chi connectivity index (χ4v) is 1.14. The zero-order valence-corrected chi connectivity index (χ0v) is 10.5. The molecule has 0 atom stereocenters. The van der Waals surface area contributed by atoms with Gasteiger partial charge in [0.1, 0.15) is 19.0 Å². The second-order valence-electron chi connectivity index (χ2n) is 3.14. The molecule has 1 aromatic rings. The van der Waals surface area contributed by atoms with Gasteiger partial charge in [-0.1, -0.05) is 0 Å². The van der Waals surface area contributed by atoms with Gasteiger partial charge in [0.15, 0.2) is 0 Å². The lowest BCUT2D eigenvalue weighted by Gasteiger charge is -2.07. The number of halogens is 1. The minimum Gasteiger partial charge on any atom is -0.492 e. The van der Waals surface area contributed by atoms with Crippen LogP contribution >= 0.6 is 12.4 Å². The summed E-state index contributed by atoms with van der Waals surface area (Å²) in [5.41, 5.74) is 6.02. The van der Waals surface area contributed by atoms with E-state index < -0.39 is 0 Å². The fourth-order valence-electron chi connectivity index (χ4n) is 1.14. The maximum atomic E-state index is 11.2. The van der Waals surface area contributed by atoms with Gasteiger partial charge in [-0.2, -0.15) is 0 Å². The summed E-state index contributed by atoms with van der Waals surface area (Å²) in [4.78, 5) is 11.2. The van der Waals surface area contributed by atoms with Crippen LogP contribution in [0.15, 0.2) is 24.3 Å². The van der Waals surface area contributed by atoms with Crippen molar-refractivity contribution in [3.8, 4) is 5.75 Å². The number of carbonyl (C=O) groups is 1. The predicted molar refractivity (Wildman–Crippen MR) is 68.7 cm³/mol. The van der Waals surface area contributed by atoms with Gasteiger partial charge in [-0.25, -0.2) is 0 Å². The van der Waals surface area contributed by atoms with Crippen molar-refractivity contribution in [3.05, 3.63) is 24.3 Å². The average molecular weight is 261 g/mol. The van der Waals surface area contributed by atoms with Crippen LogP contribution in [0.1, 0.15) is 0 Å². The van der Waals surface area contributed by atoms with Gasteiger partial charge in [-0.3, -0.25) is 4.79 Å². The third kappa shape index (κ3) is 6.11. The molecule has 6 heteroatoms. The Bertz CT molecular complexity index is 330. The molecule has 0 aliphatic carbocycles. The molecule has 0 spiro atoms. The van der Waals surface area contributed by atoms with E-state index in [-0.39, 0.29) is 24.9 Å². The second kappa shape index (κ2) is 8.81. The second-order valence-corrected chi connectivity index (χ2v) is 3.14. The number of nitrogens with one attached hydrogen (secondary N) is 1. The summed E-state index contributed by atoms with van der Waals surface area (Å²) in [6.45, 7) is 1.01. The highest BCUT2D eigenvalue weighted by Gasteiger charge is 2.01. The first-order valence-corrected chi connectivity index (χ1v) is 4.98. The lowest BCUT2D eigenvalue weighted by Crippen LogP contribution is -2.17. The van der Waals surface area contributed by atoms with Crippen molar-refractivity contribution in [3.63, 3.8) is 0 Å². The number of hydrogen-bond acceptors (Lipinski definition) is 4. The zero-order chi connectivity index (χ0) is 11.8. The number of rotatable bonds is 6. The van der Waals surface area contributed by atoms with Gasteiger partial charge in [0.05, 0.1) is 0 Å². The molecule has 0 bridgehead atoms. The monoisotopic (exact) mass is 260 g/mol. The summed E-state index contributed by atoms with van der Waals surface area (Å²) < 4.78 is 10.0. The summed E-state index contributed by atoms with van der Waals surface area (Å²) in [5, 5.41) is 2.68. The number of amides is 1. The molecular formula is C11H17ClN2O3. The van der Waals surface area contributed by atoms with Crippen molar-refractivity contribution >= 4 is 24.0 Å². The highest BCUT2D eigenvalue weighted by Crippen LogP contribution is 2.15. The molecule has 1 aromatic carbocycles. The Kier molecular flexibility index (Phi) is 8.13. The van der Waals surface area contributed by atoms with E-state index in [9.17, 15) is 4.79 Å². The van der Waals surface area contributed by atoms with Crippen molar-refractivity contribution in [2.24, 2.45) is 5.73 Å². The number of methoxy groups -OCH3 is 1. The molecule has 0 aliphatic heterocycles. The highest BCUT2D eigenvalue weighted by atomic mass is 35.5. The van der Waals surface area contributed by atoms with Crippen LogP contribution in [-0.2, 0) is 9.53 Å². The quantitative estimate of drug-likeness (QED) is 0.801. The SMILES string of the molecule is COCC(=O)Nc1ccc(OCCN)cc1.Cl. The van der Waals surface area contributed by atoms with Gasteiger partial charge in [0, 0.05) is 19.3 Å². The standard InChI is InChI=1S/C11H16N2O3.ClH/c1-15-8-11(14)13-9-2-4-10(5-3-9)16-7-6-12;/h2-5H,6-8,12H2,1H3,(H,13,14);1H. The van der Waals surface area contributed by atoms with Crippen molar-refractivity contribution in [2.75, 3.05) is 32.2 Å². The van der Waals surface area contributed by atoms with E-state index in [1.807, 2.05) is 0 Å². The molecule has 0 fully saturated rings. The summed E-state index contributed by atoms with van der Waals surface area (Å²) in [7, 11) is 1.48. The Balaban J connectivity index is 0.00000256. The Morgan fingerprint density at radius 1 is 1.35 bits per heavy atom. The van der Waals surface area contributed by atoms with E-state index in [1.54, 1.807) is 24.3 Å². The number of carbonyl (C=O) groups excluding carboxylic acids is 1. The van der Waals surface area contributed by atoms with Crippen LogP contribution in [0.3, 0.4) is 0 Å². The van der Waals surface area contributed by atoms with Crippen LogP contribution in [0, 0.1) is 0 Å². The Morgan fingerprint density at radius 2 is 2.00 bits per heavy atom. The van der Waals surface area contributed by atoms with E-state index in [0.717, 1.165) is 5.75 Å². The van der Waals surface area contributed by atoms with Crippen LogP contribution in [0.5, 0.6) is 5.75 Å². The molecular weight excluding hydrogens is 244 g/mol. The molecule has 0 radical (unpaired) electrons. The topological polar surface area (TPSA) is 73.6 Å². The van der Waals surface area contributed by atoms with Crippen molar-refractivity contribution in [1.82, 2.24) is 0 Å². The van der Waals surface area contributed by atoms with Gasteiger partial charge in [-0.05, 0) is 24.3 Å². The molecule has 1 amide bonds. The molecule has 0 saturated carbocycles. The van der Waals surface area contributed by atoms with E-state index in [2.05, 4.69) is 5.32 Å². The maximum absolute atomic E-state index is 11.2. The van der Waals surface area contributed by atoms with E-state index in [0.29, 0.717) is 18.8 Å². The molecule has 0 saturated heterocycles. The molecule has 5 nitrogen and oxygen atoms in total. The Labute approximate surface area is 107 Å². The Morgan fingerprint density at radius 3 is 2.53 bits per heavy atom. The molecule has 3 N–H and O–H groups in total. The van der Waals surface area contributed by atoms with Crippen molar-refractivity contribution in [2.45, 2.75) is 0 Å². The van der Waals surface area contributed by atoms with Crippen LogP contribution in [-0.4, -0.2) is 32.8 Å². The predicted octanol–water partition coefficient (Wildman–Crippen LogP) is 1.03. The molecule has 0 aliphatic rings. The lowest BCUT2D eigenvalue weighted by molar-refractivity contribution is -0.119. The largest absolute Gasteiger partial charge is 0.492 e. The van der Waals surface area contributed by atoms with Crippen LogP contribution in [0.2, 0.25) is 0 Å². The number of anilines is 1. The van der Waals surface area contributed by atoms with E-state index in [1.165, 1.54) is 7.11 Å². The minimum absolute atomic E-state index is 0. The molecule has 17 heavy (non-hydrogen) atoms. The molecule has 0 unspecified atom stereocenters. The average Bonchev–Trinajstić information content (AvgIpc) is 2.28. The van der Waals surface area contributed by atoms with Gasteiger partial charge in [-0.15, -0.1) is 12.4 Å². The number of ether oxygens (including phenoxy) is 2. The summed E-state index contributed by atoms with van der Waals surface area (Å²) in [6, 6.07) is 7.08. The lowest BCUT2D eigenvalue weighted by atomic mass is 10.3. The Hall–Kier alpha value is -1.30. The first kappa shape index (κ1) is 15.7. The van der Waals surface area contributed by atoms with Gasteiger partial charge in [0.2, 0.25) is 5.91 Å².